The van der Waals surface area contributed by atoms with Crippen molar-refractivity contribution < 1.29 is 33.4 Å². The summed E-state index contributed by atoms with van der Waals surface area (Å²) in [6, 6.07) is 7.93. The third kappa shape index (κ3) is 2.72. The minimum absolute atomic E-state index is 0.00792. The molecule has 7 heteroatoms. The molecule has 1 aliphatic heterocycles. The number of fused-ring (bicyclic) bond motifs is 1. The zero-order valence-corrected chi connectivity index (χ0v) is 12.9. The van der Waals surface area contributed by atoms with Crippen molar-refractivity contribution in [3.63, 3.8) is 0 Å². The topological polar surface area (TPSA) is 104 Å². The van der Waals surface area contributed by atoms with E-state index in [1.807, 2.05) is 0 Å². The maximum Gasteiger partial charge on any atom is 0.346 e. The molecule has 1 aliphatic rings. The molecule has 0 saturated carbocycles. The summed E-state index contributed by atoms with van der Waals surface area (Å²) in [5, 5.41) is 0. The summed E-state index contributed by atoms with van der Waals surface area (Å²) in [6.07, 6.45) is 0.484. The average molecular weight is 338 g/mol. The Morgan fingerprint density at radius 3 is 2.28 bits per heavy atom. The van der Waals surface area contributed by atoms with Gasteiger partial charge in [-0.25, -0.2) is 14.4 Å². The van der Waals surface area contributed by atoms with Gasteiger partial charge in [-0.1, -0.05) is 18.2 Å². The summed E-state index contributed by atoms with van der Waals surface area (Å²) in [7, 11) is 1.16. The first-order valence-electron chi connectivity index (χ1n) is 7.09. The van der Waals surface area contributed by atoms with Gasteiger partial charge in [0, 0.05) is 16.7 Å². The molecule has 0 unspecified atom stereocenters. The molecule has 0 spiro atoms. The second-order valence-corrected chi connectivity index (χ2v) is 5.18. The van der Waals surface area contributed by atoms with E-state index in [0.717, 1.165) is 7.11 Å². The Hall–Kier alpha value is -3.61. The van der Waals surface area contributed by atoms with Crippen molar-refractivity contribution >= 4 is 30.0 Å². The van der Waals surface area contributed by atoms with Gasteiger partial charge < -0.3 is 9.47 Å². The molecular formula is C18H10O7. The number of ketones is 1. The SMILES string of the molecule is COC(=O)c1cc(C(=O)c2ccc3c(c2)C(=O)OC3=O)ccc1C=O. The van der Waals surface area contributed by atoms with Crippen molar-refractivity contribution in [2.24, 2.45) is 0 Å². The van der Waals surface area contributed by atoms with Gasteiger partial charge in [0.15, 0.2) is 12.1 Å². The molecule has 0 radical (unpaired) electrons. The number of methoxy groups -OCH3 is 1. The molecule has 0 bridgehead atoms. The molecule has 3 rings (SSSR count). The van der Waals surface area contributed by atoms with Crippen LogP contribution in [0.3, 0.4) is 0 Å². The normalized spacial score (nSPS) is 12.4. The van der Waals surface area contributed by atoms with Crippen LogP contribution in [0.2, 0.25) is 0 Å². The van der Waals surface area contributed by atoms with Crippen molar-refractivity contribution in [3.05, 3.63) is 69.8 Å². The number of aldehydes is 1. The first-order chi connectivity index (χ1) is 12.0. The molecule has 25 heavy (non-hydrogen) atoms. The number of hydrogen-bond donors (Lipinski definition) is 0. The molecule has 0 fully saturated rings. The number of esters is 3. The number of ether oxygens (including phenoxy) is 2. The molecule has 7 nitrogen and oxygen atoms in total. The average Bonchev–Trinajstić information content (AvgIpc) is 2.93. The van der Waals surface area contributed by atoms with E-state index in [4.69, 9.17) is 0 Å². The van der Waals surface area contributed by atoms with Crippen molar-refractivity contribution in [2.75, 3.05) is 7.11 Å². The van der Waals surface area contributed by atoms with E-state index >= 15 is 0 Å². The highest BCUT2D eigenvalue weighted by atomic mass is 16.6. The van der Waals surface area contributed by atoms with Crippen LogP contribution in [0.25, 0.3) is 0 Å². The Morgan fingerprint density at radius 1 is 0.960 bits per heavy atom. The molecule has 124 valence electrons. The molecule has 0 aliphatic carbocycles. The lowest BCUT2D eigenvalue weighted by atomic mass is 9.96. The predicted molar refractivity (Wildman–Crippen MR) is 82.8 cm³/mol. The van der Waals surface area contributed by atoms with Gasteiger partial charge in [0.25, 0.3) is 0 Å². The Bertz CT molecular complexity index is 956. The lowest BCUT2D eigenvalue weighted by Gasteiger charge is -2.07. The van der Waals surface area contributed by atoms with E-state index < -0.39 is 23.7 Å². The lowest BCUT2D eigenvalue weighted by Crippen LogP contribution is -2.09. The highest BCUT2D eigenvalue weighted by molar-refractivity contribution is 6.17. The van der Waals surface area contributed by atoms with Crippen LogP contribution >= 0.6 is 0 Å². The lowest BCUT2D eigenvalue weighted by molar-refractivity contribution is 0.0442. The predicted octanol–water partition coefficient (Wildman–Crippen LogP) is 1.83. The van der Waals surface area contributed by atoms with Gasteiger partial charge in [-0.2, -0.15) is 0 Å². The van der Waals surface area contributed by atoms with E-state index in [2.05, 4.69) is 9.47 Å². The third-order valence-corrected chi connectivity index (χ3v) is 3.75. The van der Waals surface area contributed by atoms with Crippen molar-refractivity contribution in [2.45, 2.75) is 0 Å². The highest BCUT2D eigenvalue weighted by Gasteiger charge is 2.30. The van der Waals surface area contributed by atoms with Gasteiger partial charge in [-0.3, -0.25) is 9.59 Å². The van der Waals surface area contributed by atoms with Crippen LogP contribution in [0, 0.1) is 0 Å². The number of rotatable bonds is 4. The Labute approximate surface area is 141 Å². The minimum Gasteiger partial charge on any atom is -0.465 e. The molecule has 2 aromatic carbocycles. The summed E-state index contributed by atoms with van der Waals surface area (Å²) in [4.78, 5) is 58.4. The van der Waals surface area contributed by atoms with E-state index in [0.29, 0.717) is 6.29 Å². The monoisotopic (exact) mass is 338 g/mol. The van der Waals surface area contributed by atoms with Crippen LogP contribution in [0.5, 0.6) is 0 Å². The van der Waals surface area contributed by atoms with Crippen molar-refractivity contribution in [3.8, 4) is 0 Å². The molecule has 0 saturated heterocycles. The second kappa shape index (κ2) is 6.12. The van der Waals surface area contributed by atoms with Crippen LogP contribution in [0.15, 0.2) is 36.4 Å². The largest absolute Gasteiger partial charge is 0.465 e. The maximum atomic E-state index is 12.6. The van der Waals surface area contributed by atoms with Gasteiger partial charge in [-0.05, 0) is 18.2 Å². The third-order valence-electron chi connectivity index (χ3n) is 3.75. The fourth-order valence-electron chi connectivity index (χ4n) is 2.48. The van der Waals surface area contributed by atoms with Crippen LogP contribution in [0.4, 0.5) is 0 Å². The summed E-state index contributed by atoms with van der Waals surface area (Å²) in [5.41, 5.74) is 0.413. The van der Waals surface area contributed by atoms with Crippen molar-refractivity contribution in [1.29, 1.82) is 0 Å². The molecule has 2 aromatic rings. The van der Waals surface area contributed by atoms with E-state index in [-0.39, 0.29) is 33.4 Å². The van der Waals surface area contributed by atoms with Crippen LogP contribution in [0.1, 0.15) is 57.4 Å². The molecular weight excluding hydrogens is 328 g/mol. The maximum absolute atomic E-state index is 12.6. The van der Waals surface area contributed by atoms with Crippen LogP contribution < -0.4 is 0 Å². The van der Waals surface area contributed by atoms with Gasteiger partial charge in [-0.15, -0.1) is 0 Å². The molecule has 0 atom stereocenters. The van der Waals surface area contributed by atoms with Crippen LogP contribution in [-0.4, -0.2) is 37.1 Å². The zero-order valence-electron chi connectivity index (χ0n) is 12.9. The quantitative estimate of drug-likeness (QED) is 0.362. The van der Waals surface area contributed by atoms with E-state index in [1.54, 1.807) is 0 Å². The van der Waals surface area contributed by atoms with Gasteiger partial charge in [0.2, 0.25) is 0 Å². The number of carbonyl (C=O) groups excluding carboxylic acids is 5. The Kier molecular flexibility index (Phi) is 3.98. The summed E-state index contributed by atoms with van der Waals surface area (Å²) >= 11 is 0. The van der Waals surface area contributed by atoms with Crippen molar-refractivity contribution in [1.82, 2.24) is 0 Å². The highest BCUT2D eigenvalue weighted by Crippen LogP contribution is 2.23. The molecule has 0 aromatic heterocycles. The number of benzene rings is 2. The fraction of sp³-hybridized carbons (Fsp3) is 0.0556. The van der Waals surface area contributed by atoms with Gasteiger partial charge in [0.05, 0.1) is 23.8 Å². The molecule has 1 heterocycles. The molecule has 0 amide bonds. The molecule has 0 N–H and O–H groups in total. The second-order valence-electron chi connectivity index (χ2n) is 5.18. The summed E-state index contributed by atoms with van der Waals surface area (Å²) in [6.45, 7) is 0. The Morgan fingerprint density at radius 2 is 1.60 bits per heavy atom. The Balaban J connectivity index is 2.03. The summed E-state index contributed by atoms with van der Waals surface area (Å²) in [5.74, 6) is -2.82. The number of cyclic esters (lactones) is 2. The first kappa shape index (κ1) is 16.3. The van der Waals surface area contributed by atoms with E-state index in [1.165, 1.54) is 36.4 Å². The number of carbonyl (C=O) groups is 5. The van der Waals surface area contributed by atoms with E-state index in [9.17, 15) is 24.0 Å². The first-order valence-corrected chi connectivity index (χ1v) is 7.09. The van der Waals surface area contributed by atoms with Gasteiger partial charge >= 0.3 is 17.9 Å². The zero-order chi connectivity index (χ0) is 18.1. The van der Waals surface area contributed by atoms with Crippen LogP contribution in [-0.2, 0) is 9.47 Å². The minimum atomic E-state index is -0.818. The number of hydrogen-bond acceptors (Lipinski definition) is 7. The standard InChI is InChI=1S/C18H10O7/c1-24-16(21)13-6-9(2-3-11(13)8-19)15(20)10-4-5-12-14(7-10)18(23)25-17(12)22/h2-8H,1H3. The fourth-order valence-corrected chi connectivity index (χ4v) is 2.48. The smallest absolute Gasteiger partial charge is 0.346 e. The van der Waals surface area contributed by atoms with Gasteiger partial charge in [0.1, 0.15) is 0 Å². The summed E-state index contributed by atoms with van der Waals surface area (Å²) < 4.78 is 9.08.